The van der Waals surface area contributed by atoms with Gasteiger partial charge in [-0.2, -0.15) is 0 Å². The fourth-order valence-corrected chi connectivity index (χ4v) is 2.13. The van der Waals surface area contributed by atoms with Crippen LogP contribution in [0.25, 0.3) is 0 Å². The molecule has 0 unspecified atom stereocenters. The summed E-state index contributed by atoms with van der Waals surface area (Å²) in [4.78, 5) is 23.5. The number of hydrogen-bond acceptors (Lipinski definition) is 6. The normalized spacial score (nSPS) is 30.7. The number of aliphatic hydroxyl groups is 3. The summed E-state index contributed by atoms with van der Waals surface area (Å²) in [6, 6.07) is 1.18. The van der Waals surface area contributed by atoms with Crippen molar-refractivity contribution in [3.05, 3.63) is 33.1 Å². The van der Waals surface area contributed by atoms with E-state index < -0.39 is 42.4 Å². The van der Waals surface area contributed by atoms with Crippen LogP contribution in [0.15, 0.2) is 21.9 Å². The standard InChI is InChI=1S/C11H16N2O6/c1-2-12-7(15)3-4-13(11(12)18)10-9(17)8(16)6(5-14)19-10/h3-4,6,8-10,14,16-17H,2,5H2,1H3/t6-,8-,9-,10-/m1/s1. The topological polar surface area (TPSA) is 114 Å². The number of aliphatic hydroxyl groups excluding tert-OH is 3. The van der Waals surface area contributed by atoms with Crippen LogP contribution in [0.3, 0.4) is 0 Å². The first-order valence-electron chi connectivity index (χ1n) is 5.95. The molecular weight excluding hydrogens is 256 g/mol. The van der Waals surface area contributed by atoms with Crippen molar-refractivity contribution < 1.29 is 20.1 Å². The van der Waals surface area contributed by atoms with Gasteiger partial charge in [-0.25, -0.2) is 4.79 Å². The highest BCUT2D eigenvalue weighted by atomic mass is 16.6. The van der Waals surface area contributed by atoms with Gasteiger partial charge < -0.3 is 20.1 Å². The average molecular weight is 272 g/mol. The zero-order chi connectivity index (χ0) is 14.2. The van der Waals surface area contributed by atoms with Gasteiger partial charge in [0, 0.05) is 18.8 Å². The fraction of sp³-hybridized carbons (Fsp3) is 0.636. The first-order chi connectivity index (χ1) is 9.01. The second-order valence-electron chi connectivity index (χ2n) is 4.32. The predicted molar refractivity (Wildman–Crippen MR) is 63.6 cm³/mol. The Bertz CT molecular complexity index is 565. The van der Waals surface area contributed by atoms with Crippen LogP contribution in [0, 0.1) is 0 Å². The largest absolute Gasteiger partial charge is 0.394 e. The van der Waals surface area contributed by atoms with E-state index in [2.05, 4.69) is 0 Å². The van der Waals surface area contributed by atoms with E-state index >= 15 is 0 Å². The van der Waals surface area contributed by atoms with Crippen LogP contribution >= 0.6 is 0 Å². The molecule has 8 heteroatoms. The summed E-state index contributed by atoms with van der Waals surface area (Å²) >= 11 is 0. The minimum atomic E-state index is -1.35. The maximum atomic E-state index is 12.0. The molecule has 106 valence electrons. The maximum Gasteiger partial charge on any atom is 0.333 e. The number of aromatic nitrogens is 2. The van der Waals surface area contributed by atoms with Gasteiger partial charge in [-0.3, -0.25) is 13.9 Å². The van der Waals surface area contributed by atoms with Gasteiger partial charge in [0.25, 0.3) is 5.56 Å². The number of ether oxygens (including phenoxy) is 1. The van der Waals surface area contributed by atoms with E-state index in [9.17, 15) is 19.8 Å². The molecule has 19 heavy (non-hydrogen) atoms. The summed E-state index contributed by atoms with van der Waals surface area (Å²) < 4.78 is 7.26. The third-order valence-corrected chi connectivity index (χ3v) is 3.20. The zero-order valence-corrected chi connectivity index (χ0v) is 10.3. The van der Waals surface area contributed by atoms with Gasteiger partial charge in [0.1, 0.15) is 18.3 Å². The zero-order valence-electron chi connectivity index (χ0n) is 10.3. The lowest BCUT2D eigenvalue weighted by Gasteiger charge is -2.18. The highest BCUT2D eigenvalue weighted by Gasteiger charge is 2.43. The molecule has 1 aliphatic rings. The van der Waals surface area contributed by atoms with Crippen LogP contribution < -0.4 is 11.2 Å². The molecule has 1 aromatic rings. The van der Waals surface area contributed by atoms with Gasteiger partial charge >= 0.3 is 5.69 Å². The second kappa shape index (κ2) is 5.25. The average Bonchev–Trinajstić information content (AvgIpc) is 2.67. The van der Waals surface area contributed by atoms with E-state index in [4.69, 9.17) is 9.84 Å². The van der Waals surface area contributed by atoms with Crippen LogP contribution in [-0.2, 0) is 11.3 Å². The molecule has 0 aromatic carbocycles. The summed E-state index contributed by atoms with van der Waals surface area (Å²) in [6.45, 7) is 1.36. The minimum absolute atomic E-state index is 0.188. The SMILES string of the molecule is CCn1c(=O)ccn([C@@H]2O[C@H](CO)[C@@H](O)[C@H]2O)c1=O. The van der Waals surface area contributed by atoms with Gasteiger partial charge in [0.2, 0.25) is 0 Å². The van der Waals surface area contributed by atoms with Gasteiger partial charge in [0.05, 0.1) is 6.61 Å². The molecule has 8 nitrogen and oxygen atoms in total. The molecular formula is C11H16N2O6. The Morgan fingerprint density at radius 2 is 2.00 bits per heavy atom. The summed E-state index contributed by atoms with van der Waals surface area (Å²) in [6.07, 6.45) is -3.52. The number of nitrogens with zero attached hydrogens (tertiary/aromatic N) is 2. The van der Waals surface area contributed by atoms with Crippen LogP contribution in [-0.4, -0.2) is 49.4 Å². The number of hydrogen-bond donors (Lipinski definition) is 3. The highest BCUT2D eigenvalue weighted by molar-refractivity contribution is 4.94. The van der Waals surface area contributed by atoms with Crippen molar-refractivity contribution in [3.8, 4) is 0 Å². The van der Waals surface area contributed by atoms with E-state index in [1.54, 1.807) is 6.92 Å². The lowest BCUT2D eigenvalue weighted by molar-refractivity contribution is -0.0555. The second-order valence-corrected chi connectivity index (χ2v) is 4.32. The summed E-state index contributed by atoms with van der Waals surface area (Å²) in [5.41, 5.74) is -1.08. The van der Waals surface area contributed by atoms with E-state index in [0.717, 1.165) is 9.13 Å². The first-order valence-corrected chi connectivity index (χ1v) is 5.95. The van der Waals surface area contributed by atoms with E-state index in [1.807, 2.05) is 0 Å². The smallest absolute Gasteiger partial charge is 0.333 e. The molecule has 2 rings (SSSR count). The van der Waals surface area contributed by atoms with Crippen molar-refractivity contribution in [3.63, 3.8) is 0 Å². The van der Waals surface area contributed by atoms with Crippen LogP contribution in [0.2, 0.25) is 0 Å². The van der Waals surface area contributed by atoms with Gasteiger partial charge in [-0.05, 0) is 6.92 Å². The predicted octanol–water partition coefficient (Wildman–Crippen LogP) is -2.36. The van der Waals surface area contributed by atoms with E-state index in [1.165, 1.54) is 12.3 Å². The van der Waals surface area contributed by atoms with Crippen molar-refractivity contribution in [1.29, 1.82) is 0 Å². The molecule has 1 aromatic heterocycles. The van der Waals surface area contributed by atoms with Gasteiger partial charge in [0.15, 0.2) is 6.23 Å². The fourth-order valence-electron chi connectivity index (χ4n) is 2.13. The van der Waals surface area contributed by atoms with Gasteiger partial charge in [-0.15, -0.1) is 0 Å². The summed E-state index contributed by atoms with van der Waals surface area (Å²) in [5, 5.41) is 28.5. The molecule has 1 fully saturated rings. The molecule has 4 atom stereocenters. The number of rotatable bonds is 3. The quantitative estimate of drug-likeness (QED) is 0.567. The lowest BCUT2D eigenvalue weighted by Crippen LogP contribution is -2.42. The third-order valence-electron chi connectivity index (χ3n) is 3.20. The molecule has 0 amide bonds. The Labute approximate surface area is 108 Å². The molecule has 0 radical (unpaired) electrons. The van der Waals surface area contributed by atoms with Crippen molar-refractivity contribution in [2.45, 2.75) is 38.0 Å². The molecule has 0 saturated carbocycles. The monoisotopic (exact) mass is 272 g/mol. The lowest BCUT2D eigenvalue weighted by atomic mass is 10.1. The van der Waals surface area contributed by atoms with Crippen molar-refractivity contribution >= 4 is 0 Å². The van der Waals surface area contributed by atoms with Crippen molar-refractivity contribution in [2.24, 2.45) is 0 Å². The van der Waals surface area contributed by atoms with Gasteiger partial charge in [-0.1, -0.05) is 0 Å². The Morgan fingerprint density at radius 1 is 1.32 bits per heavy atom. The first kappa shape index (κ1) is 13.9. The summed E-state index contributed by atoms with van der Waals surface area (Å²) in [7, 11) is 0. The van der Waals surface area contributed by atoms with E-state index in [-0.39, 0.29) is 6.54 Å². The van der Waals surface area contributed by atoms with Crippen molar-refractivity contribution in [1.82, 2.24) is 9.13 Å². The molecule has 1 saturated heterocycles. The Hall–Kier alpha value is -1.48. The van der Waals surface area contributed by atoms with Crippen LogP contribution in [0.1, 0.15) is 13.2 Å². The molecule has 0 aliphatic carbocycles. The third kappa shape index (κ3) is 2.23. The molecule has 0 spiro atoms. The molecule has 1 aliphatic heterocycles. The molecule has 3 N–H and O–H groups in total. The summed E-state index contributed by atoms with van der Waals surface area (Å²) in [5.74, 6) is 0. The van der Waals surface area contributed by atoms with Crippen LogP contribution in [0.5, 0.6) is 0 Å². The minimum Gasteiger partial charge on any atom is -0.394 e. The highest BCUT2D eigenvalue weighted by Crippen LogP contribution is 2.27. The molecule has 2 heterocycles. The van der Waals surface area contributed by atoms with Crippen molar-refractivity contribution in [2.75, 3.05) is 6.61 Å². The maximum absolute atomic E-state index is 12.0. The Morgan fingerprint density at radius 3 is 2.53 bits per heavy atom. The van der Waals surface area contributed by atoms with E-state index in [0.29, 0.717) is 0 Å². The van der Waals surface area contributed by atoms with Crippen LogP contribution in [0.4, 0.5) is 0 Å². The molecule has 0 bridgehead atoms. The Kier molecular flexibility index (Phi) is 3.85. The Balaban J connectivity index is 2.44.